The lowest BCUT2D eigenvalue weighted by atomic mass is 10.0. The molecule has 0 radical (unpaired) electrons. The largest absolute Gasteiger partial charge is 0.481 e. The number of Topliss-reactive ketones (excluding diaryl/α,β-unsaturated/α-hetero) is 1. The van der Waals surface area contributed by atoms with Crippen molar-refractivity contribution < 1.29 is 19.5 Å². The van der Waals surface area contributed by atoms with Crippen LogP contribution in [-0.4, -0.2) is 52.9 Å². The zero-order chi connectivity index (χ0) is 28.3. The molecule has 7 nitrogen and oxygen atoms in total. The molecule has 0 aromatic carbocycles. The lowest BCUT2D eigenvalue weighted by Gasteiger charge is -2.12. The third-order valence-electron chi connectivity index (χ3n) is 6.69. The van der Waals surface area contributed by atoms with Crippen LogP contribution in [0.3, 0.4) is 0 Å². The van der Waals surface area contributed by atoms with Crippen molar-refractivity contribution in [1.82, 2.24) is 5.32 Å². The van der Waals surface area contributed by atoms with Crippen LogP contribution in [0.1, 0.15) is 135 Å². The number of carboxylic acid groups (broad SMARTS) is 1. The topological polar surface area (TPSA) is 136 Å². The molecular weight excluding hydrogens is 518 g/mol. The number of hydrogen-bond donors (Lipinski definition) is 4. The Labute approximate surface area is 240 Å². The summed E-state index contributed by atoms with van der Waals surface area (Å²) in [7, 11) is 3.03. The maximum Gasteiger partial charge on any atom is 0.303 e. The fourth-order valence-electron chi connectivity index (χ4n) is 4.20. The summed E-state index contributed by atoms with van der Waals surface area (Å²) in [5, 5.41) is 11.4. The first-order chi connectivity index (χ1) is 18.4. The summed E-state index contributed by atoms with van der Waals surface area (Å²) in [6, 6.07) is -0.963. The number of ketones is 1. The predicted molar refractivity (Wildman–Crippen MR) is 165 cm³/mol. The van der Waals surface area contributed by atoms with Crippen LogP contribution in [0.15, 0.2) is 0 Å². The number of nitrogens with two attached hydrogens (primary N) is 2. The first-order valence-corrected chi connectivity index (χ1v) is 17.6. The zero-order valence-electron chi connectivity index (χ0n) is 24.1. The lowest BCUT2D eigenvalue weighted by molar-refractivity contribution is -0.137. The highest BCUT2D eigenvalue weighted by Crippen LogP contribution is 2.23. The molecule has 0 spiro atoms. The van der Waals surface area contributed by atoms with Crippen molar-refractivity contribution in [2.75, 3.05) is 18.1 Å². The molecule has 38 heavy (non-hydrogen) atoms. The molecule has 0 saturated carbocycles. The summed E-state index contributed by atoms with van der Waals surface area (Å²) >= 11 is 0. The van der Waals surface area contributed by atoms with Gasteiger partial charge in [-0.3, -0.25) is 14.4 Å². The third kappa shape index (κ3) is 25.5. The van der Waals surface area contributed by atoms with E-state index in [1.165, 1.54) is 105 Å². The highest BCUT2D eigenvalue weighted by molar-refractivity contribution is 8.76. The smallest absolute Gasteiger partial charge is 0.303 e. The Morgan fingerprint density at radius 3 is 1.39 bits per heavy atom. The van der Waals surface area contributed by atoms with Gasteiger partial charge in [0.05, 0.1) is 12.1 Å². The van der Waals surface area contributed by atoms with E-state index in [9.17, 15) is 14.4 Å². The molecule has 0 aromatic heterocycles. The summed E-state index contributed by atoms with van der Waals surface area (Å²) in [6.45, 7) is 2.65. The molecule has 2 atom stereocenters. The van der Waals surface area contributed by atoms with Crippen LogP contribution in [0.4, 0.5) is 0 Å². The minimum absolute atomic E-state index is 0.123. The van der Waals surface area contributed by atoms with Gasteiger partial charge in [0.1, 0.15) is 5.78 Å². The Bertz CT molecular complexity index is 596. The van der Waals surface area contributed by atoms with Gasteiger partial charge in [-0.1, -0.05) is 125 Å². The molecule has 0 aliphatic rings. The zero-order valence-corrected chi connectivity index (χ0v) is 25.7. The normalized spacial score (nSPS) is 12.8. The minimum Gasteiger partial charge on any atom is -0.481 e. The maximum atomic E-state index is 12.2. The standard InChI is InChI=1S/C29H57N3O4S2/c1-2-22-32-29(36)26(31)24-38-37-23-25(30)27(33)20-18-16-14-12-10-8-6-4-3-5-7-9-11-13-15-17-19-21-28(34)35/h25-26H,2-24,30-31H2,1H3,(H,32,36)(H,34,35). The van der Waals surface area contributed by atoms with Crippen molar-refractivity contribution >= 4 is 39.2 Å². The summed E-state index contributed by atoms with van der Waals surface area (Å²) in [5.74, 6) is 0.413. The molecule has 2 unspecified atom stereocenters. The molecule has 6 N–H and O–H groups in total. The lowest BCUT2D eigenvalue weighted by Crippen LogP contribution is -2.42. The number of hydrogen-bond acceptors (Lipinski definition) is 7. The van der Waals surface area contributed by atoms with Crippen molar-refractivity contribution in [3.8, 4) is 0 Å². The predicted octanol–water partition coefficient (Wildman–Crippen LogP) is 6.61. The molecule has 0 aromatic rings. The first-order valence-electron chi connectivity index (χ1n) is 15.2. The number of aliphatic carboxylic acids is 1. The second kappa shape index (κ2) is 27.8. The quantitative estimate of drug-likeness (QED) is 0.0577. The van der Waals surface area contributed by atoms with Gasteiger partial charge in [-0.15, -0.1) is 0 Å². The maximum absolute atomic E-state index is 12.2. The van der Waals surface area contributed by atoms with Crippen LogP contribution in [0.2, 0.25) is 0 Å². The number of carboxylic acids is 1. The molecule has 0 fully saturated rings. The monoisotopic (exact) mass is 575 g/mol. The van der Waals surface area contributed by atoms with E-state index in [1.54, 1.807) is 0 Å². The van der Waals surface area contributed by atoms with Gasteiger partial charge in [-0.05, 0) is 19.3 Å². The van der Waals surface area contributed by atoms with Gasteiger partial charge < -0.3 is 21.9 Å². The Kier molecular flexibility index (Phi) is 27.2. The second-order valence-electron chi connectivity index (χ2n) is 10.4. The molecule has 0 aliphatic heterocycles. The van der Waals surface area contributed by atoms with Crippen molar-refractivity contribution in [2.24, 2.45) is 11.5 Å². The van der Waals surface area contributed by atoms with E-state index in [4.69, 9.17) is 16.6 Å². The Morgan fingerprint density at radius 1 is 0.632 bits per heavy atom. The number of carbonyl (C=O) groups excluding carboxylic acids is 2. The average molecular weight is 576 g/mol. The Morgan fingerprint density at radius 2 is 1.00 bits per heavy atom. The van der Waals surface area contributed by atoms with Crippen LogP contribution < -0.4 is 16.8 Å². The molecule has 0 saturated heterocycles. The Hall–Kier alpha value is -0.770. The number of amides is 1. The third-order valence-corrected chi connectivity index (χ3v) is 9.17. The van der Waals surface area contributed by atoms with Gasteiger partial charge in [0.15, 0.2) is 0 Å². The fourth-order valence-corrected chi connectivity index (χ4v) is 6.48. The molecular formula is C29H57N3O4S2. The van der Waals surface area contributed by atoms with Crippen LogP contribution in [0.5, 0.6) is 0 Å². The number of carbonyl (C=O) groups is 3. The molecule has 1 amide bonds. The highest BCUT2D eigenvalue weighted by atomic mass is 33.1. The number of unbranched alkanes of at least 4 members (excludes halogenated alkanes) is 16. The van der Waals surface area contributed by atoms with Crippen LogP contribution in [-0.2, 0) is 14.4 Å². The first kappa shape index (κ1) is 37.2. The van der Waals surface area contributed by atoms with Crippen LogP contribution in [0, 0.1) is 0 Å². The average Bonchev–Trinajstić information content (AvgIpc) is 2.90. The van der Waals surface area contributed by atoms with Gasteiger partial charge in [0.25, 0.3) is 0 Å². The van der Waals surface area contributed by atoms with Crippen molar-refractivity contribution in [1.29, 1.82) is 0 Å². The van der Waals surface area contributed by atoms with Gasteiger partial charge in [0, 0.05) is 30.9 Å². The highest BCUT2D eigenvalue weighted by Gasteiger charge is 2.16. The van der Waals surface area contributed by atoms with Gasteiger partial charge in [-0.25, -0.2) is 0 Å². The van der Waals surface area contributed by atoms with E-state index >= 15 is 0 Å². The number of rotatable bonds is 29. The fraction of sp³-hybridized carbons (Fsp3) is 0.897. The molecule has 9 heteroatoms. The summed E-state index contributed by atoms with van der Waals surface area (Å²) in [4.78, 5) is 34.4. The van der Waals surface area contributed by atoms with Crippen LogP contribution in [0.25, 0.3) is 0 Å². The molecule has 0 rings (SSSR count). The molecule has 224 valence electrons. The van der Waals surface area contributed by atoms with E-state index in [2.05, 4.69) is 5.32 Å². The molecule has 0 heterocycles. The summed E-state index contributed by atoms with van der Waals surface area (Å²) in [6.07, 6.45) is 22.5. The number of nitrogens with one attached hydrogen (secondary N) is 1. The van der Waals surface area contributed by atoms with Gasteiger partial charge >= 0.3 is 5.97 Å². The van der Waals surface area contributed by atoms with Crippen molar-refractivity contribution in [3.63, 3.8) is 0 Å². The second-order valence-corrected chi connectivity index (χ2v) is 13.0. The van der Waals surface area contributed by atoms with Crippen molar-refractivity contribution in [2.45, 2.75) is 147 Å². The van der Waals surface area contributed by atoms with E-state index in [1.807, 2.05) is 6.92 Å². The summed E-state index contributed by atoms with van der Waals surface area (Å²) in [5.41, 5.74) is 11.9. The van der Waals surface area contributed by atoms with E-state index in [0.29, 0.717) is 30.9 Å². The van der Waals surface area contributed by atoms with Gasteiger partial charge in [-0.2, -0.15) is 0 Å². The van der Waals surface area contributed by atoms with E-state index in [0.717, 1.165) is 32.1 Å². The minimum atomic E-state index is -0.675. The Balaban J connectivity index is 3.38. The van der Waals surface area contributed by atoms with E-state index < -0.39 is 18.1 Å². The van der Waals surface area contributed by atoms with Gasteiger partial charge in [0.2, 0.25) is 5.91 Å². The summed E-state index contributed by atoms with van der Waals surface area (Å²) < 4.78 is 0. The van der Waals surface area contributed by atoms with Crippen LogP contribution >= 0.6 is 21.6 Å². The van der Waals surface area contributed by atoms with Crippen molar-refractivity contribution in [3.05, 3.63) is 0 Å². The molecule has 0 aliphatic carbocycles. The van der Waals surface area contributed by atoms with E-state index in [-0.39, 0.29) is 11.7 Å². The molecule has 0 bridgehead atoms. The SMILES string of the molecule is CCCNC(=O)C(N)CSSCC(N)C(=O)CCCCCCCCCCCCCCCCCCCC(=O)O.